The second kappa shape index (κ2) is 72.1. The van der Waals surface area contributed by atoms with Crippen molar-refractivity contribution < 1.29 is 42.9 Å². The summed E-state index contributed by atoms with van der Waals surface area (Å²) in [6.45, 7) is 4.70. The minimum Gasteiger partial charge on any atom is -0.545 e. The van der Waals surface area contributed by atoms with Crippen LogP contribution in [0, 0.1) is 0 Å². The highest BCUT2D eigenvalue weighted by Crippen LogP contribution is 2.20. The molecule has 0 saturated carbocycles. The van der Waals surface area contributed by atoms with Gasteiger partial charge in [0, 0.05) is 12.8 Å². The number of aliphatic carboxylic acids is 1. The number of carboxylic acids is 1. The molecule has 9 nitrogen and oxygen atoms in total. The Morgan fingerprint density at radius 2 is 0.633 bits per heavy atom. The van der Waals surface area contributed by atoms with E-state index < -0.39 is 24.3 Å². The molecular formula is C81H151NO8. The van der Waals surface area contributed by atoms with E-state index in [1.807, 2.05) is 21.1 Å². The Labute approximate surface area is 559 Å². The SMILES string of the molecule is CC/C=C\C/C=C\C/C=C\C/C=C\CCCCCCCCCCCCCCC(=O)OC(COC(=O)CCCCCCCCCCCCCCCCCCCCCCCCCCCCCCCCCCCCCCCCCC)COC(OCC[N+](C)(C)C)C(=O)[O-]. The van der Waals surface area contributed by atoms with Crippen LogP contribution in [0.5, 0.6) is 0 Å². The molecule has 0 heterocycles. The molecule has 528 valence electrons. The van der Waals surface area contributed by atoms with E-state index in [0.717, 1.165) is 64.2 Å². The van der Waals surface area contributed by atoms with E-state index in [2.05, 4.69) is 62.5 Å². The Hall–Kier alpha value is -2.75. The lowest BCUT2D eigenvalue weighted by atomic mass is 10.0. The average Bonchev–Trinajstić information content (AvgIpc) is 3.73. The van der Waals surface area contributed by atoms with E-state index in [-0.39, 0.29) is 32.2 Å². The largest absolute Gasteiger partial charge is 0.545 e. The van der Waals surface area contributed by atoms with E-state index >= 15 is 0 Å². The maximum Gasteiger partial charge on any atom is 0.306 e. The summed E-state index contributed by atoms with van der Waals surface area (Å²) in [5, 5.41) is 11.8. The van der Waals surface area contributed by atoms with Gasteiger partial charge >= 0.3 is 11.9 Å². The molecule has 0 aliphatic rings. The van der Waals surface area contributed by atoms with Gasteiger partial charge in [-0.1, -0.05) is 377 Å². The Balaban J connectivity index is 3.93. The molecular weight excluding hydrogens is 1110 g/mol. The maximum absolute atomic E-state index is 12.9. The first-order valence-corrected chi connectivity index (χ1v) is 39.3. The van der Waals surface area contributed by atoms with Crippen molar-refractivity contribution in [3.05, 3.63) is 48.6 Å². The number of carboxylic acid groups (broad SMARTS) is 1. The predicted molar refractivity (Wildman–Crippen MR) is 385 cm³/mol. The number of quaternary nitrogens is 1. The van der Waals surface area contributed by atoms with E-state index in [1.54, 1.807) is 0 Å². The summed E-state index contributed by atoms with van der Waals surface area (Å²) in [7, 11) is 5.94. The first-order chi connectivity index (χ1) is 44.1. The molecule has 0 amide bonds. The van der Waals surface area contributed by atoms with E-state index in [0.29, 0.717) is 23.9 Å². The van der Waals surface area contributed by atoms with E-state index in [1.165, 1.54) is 295 Å². The zero-order valence-corrected chi connectivity index (χ0v) is 60.5. The molecule has 90 heavy (non-hydrogen) atoms. The molecule has 0 N–H and O–H groups in total. The lowest BCUT2D eigenvalue weighted by Gasteiger charge is -2.26. The Kier molecular flexibility index (Phi) is 69.9. The van der Waals surface area contributed by atoms with Gasteiger partial charge in [0.2, 0.25) is 0 Å². The van der Waals surface area contributed by atoms with Gasteiger partial charge in [0.05, 0.1) is 40.3 Å². The molecule has 2 atom stereocenters. The van der Waals surface area contributed by atoms with Gasteiger partial charge in [0.15, 0.2) is 12.4 Å². The second-order valence-corrected chi connectivity index (χ2v) is 28.0. The topological polar surface area (TPSA) is 111 Å². The third-order valence-corrected chi connectivity index (χ3v) is 17.8. The Morgan fingerprint density at radius 1 is 0.344 bits per heavy atom. The summed E-state index contributed by atoms with van der Waals surface area (Å²) in [4.78, 5) is 37.5. The molecule has 0 aliphatic carbocycles. The minimum absolute atomic E-state index is 0.148. The van der Waals surface area contributed by atoms with Gasteiger partial charge in [0.25, 0.3) is 0 Å². The molecule has 0 radical (unpaired) electrons. The number of rotatable bonds is 74. The van der Waals surface area contributed by atoms with Gasteiger partial charge in [-0.3, -0.25) is 9.59 Å². The number of unbranched alkanes of at least 4 members (excludes halogenated alkanes) is 51. The number of esters is 2. The van der Waals surface area contributed by atoms with Crippen molar-refractivity contribution >= 4 is 17.9 Å². The highest BCUT2D eigenvalue weighted by Gasteiger charge is 2.22. The molecule has 0 aliphatic heterocycles. The lowest BCUT2D eigenvalue weighted by Crippen LogP contribution is -2.44. The van der Waals surface area contributed by atoms with Crippen molar-refractivity contribution in [2.45, 2.75) is 405 Å². The number of hydrogen-bond acceptors (Lipinski definition) is 8. The van der Waals surface area contributed by atoms with Crippen LogP contribution in [-0.4, -0.2) is 82.3 Å². The van der Waals surface area contributed by atoms with Gasteiger partial charge in [-0.05, 0) is 51.4 Å². The first kappa shape index (κ1) is 87.2. The second-order valence-electron chi connectivity index (χ2n) is 28.0. The molecule has 2 unspecified atom stereocenters. The van der Waals surface area contributed by atoms with Crippen molar-refractivity contribution in [2.24, 2.45) is 0 Å². The van der Waals surface area contributed by atoms with Crippen LogP contribution in [0.1, 0.15) is 393 Å². The van der Waals surface area contributed by atoms with Crippen LogP contribution in [0.25, 0.3) is 0 Å². The summed E-state index contributed by atoms with van der Waals surface area (Å²) < 4.78 is 22.8. The van der Waals surface area contributed by atoms with Gasteiger partial charge in [-0.25, -0.2) is 0 Å². The van der Waals surface area contributed by atoms with Crippen molar-refractivity contribution in [3.8, 4) is 0 Å². The normalized spacial score (nSPS) is 12.9. The molecule has 0 aromatic rings. The summed E-state index contributed by atoms with van der Waals surface area (Å²) in [6, 6.07) is 0. The fourth-order valence-electron chi connectivity index (χ4n) is 11.9. The highest BCUT2D eigenvalue weighted by molar-refractivity contribution is 5.70. The molecule has 9 heteroatoms. The Morgan fingerprint density at radius 3 is 0.944 bits per heavy atom. The third kappa shape index (κ3) is 72.7. The van der Waals surface area contributed by atoms with Gasteiger partial charge in [-0.15, -0.1) is 0 Å². The number of carbonyl (C=O) groups excluding carboxylic acids is 3. The van der Waals surface area contributed by atoms with Crippen LogP contribution < -0.4 is 5.11 Å². The summed E-state index contributed by atoms with van der Waals surface area (Å²) in [6.07, 6.45) is 91.0. The number of carbonyl (C=O) groups is 3. The summed E-state index contributed by atoms with van der Waals surface area (Å²) in [5.74, 6) is -2.26. The van der Waals surface area contributed by atoms with Crippen LogP contribution in [0.2, 0.25) is 0 Å². The zero-order valence-electron chi connectivity index (χ0n) is 60.5. The molecule has 0 saturated heterocycles. The highest BCUT2D eigenvalue weighted by atomic mass is 16.7. The van der Waals surface area contributed by atoms with Crippen LogP contribution in [-0.2, 0) is 33.3 Å². The Bertz CT molecular complexity index is 1620. The molecule has 0 aromatic carbocycles. The molecule has 0 spiro atoms. The maximum atomic E-state index is 12.9. The molecule has 0 bridgehead atoms. The van der Waals surface area contributed by atoms with Crippen molar-refractivity contribution in [2.75, 3.05) is 47.5 Å². The predicted octanol–water partition coefficient (Wildman–Crippen LogP) is 23.5. The van der Waals surface area contributed by atoms with Crippen molar-refractivity contribution in [1.29, 1.82) is 0 Å². The number of ether oxygens (including phenoxy) is 4. The van der Waals surface area contributed by atoms with Crippen LogP contribution >= 0.6 is 0 Å². The van der Waals surface area contributed by atoms with Crippen LogP contribution in [0.3, 0.4) is 0 Å². The molecule has 0 aromatic heterocycles. The smallest absolute Gasteiger partial charge is 0.306 e. The summed E-state index contributed by atoms with van der Waals surface area (Å²) in [5.41, 5.74) is 0. The van der Waals surface area contributed by atoms with Crippen LogP contribution in [0.15, 0.2) is 48.6 Å². The van der Waals surface area contributed by atoms with Crippen LogP contribution in [0.4, 0.5) is 0 Å². The zero-order chi connectivity index (χ0) is 65.4. The van der Waals surface area contributed by atoms with Gasteiger partial charge in [-0.2, -0.15) is 0 Å². The quantitative estimate of drug-likeness (QED) is 0.0195. The molecule has 0 fully saturated rings. The van der Waals surface area contributed by atoms with E-state index in [4.69, 9.17) is 18.9 Å². The number of allylic oxidation sites excluding steroid dienone is 8. The number of likely N-dealkylation sites (N-methyl/N-ethyl adjacent to an activating group) is 1. The van der Waals surface area contributed by atoms with Gasteiger partial charge in [0.1, 0.15) is 13.2 Å². The minimum atomic E-state index is -1.62. The molecule has 0 rings (SSSR count). The fraction of sp³-hybridized carbons (Fsp3) is 0.864. The monoisotopic (exact) mass is 1270 g/mol. The van der Waals surface area contributed by atoms with Gasteiger partial charge < -0.3 is 33.3 Å². The summed E-state index contributed by atoms with van der Waals surface area (Å²) >= 11 is 0. The van der Waals surface area contributed by atoms with E-state index in [9.17, 15) is 19.5 Å². The average molecular weight is 1270 g/mol. The number of hydrogen-bond donors (Lipinski definition) is 0. The van der Waals surface area contributed by atoms with Crippen molar-refractivity contribution in [1.82, 2.24) is 0 Å². The lowest BCUT2D eigenvalue weighted by molar-refractivity contribution is -0.870. The standard InChI is InChI=1S/C81H151NO8/c1-6-8-10-12-14-16-18-20-22-24-26-28-30-32-33-34-35-36-37-38-39-40-41-42-43-44-45-46-48-49-51-53-55-57-59-61-63-65-67-69-71-78(83)88-75-77(76-89-81(80(85)86)87-74-73-82(3,4)5)90-79(84)72-70-68-66-64-62-60-58-56-54-52-50-47-31-29-27-25-23-21-19-17-15-13-11-9-7-2/h9,11,15,17,21,23,27,29,77,81H,6-8,10,12-14,16,18-20,22,24-26,28,30-76H2,1-5H3/b11-9-,17-15-,23-21-,29-27-. The first-order valence-electron chi connectivity index (χ1n) is 39.3. The third-order valence-electron chi connectivity index (χ3n) is 17.8. The van der Waals surface area contributed by atoms with Crippen molar-refractivity contribution in [3.63, 3.8) is 0 Å². The number of nitrogens with zero attached hydrogens (tertiary/aromatic N) is 1. The fourth-order valence-corrected chi connectivity index (χ4v) is 11.9.